The zero-order valence-electron chi connectivity index (χ0n) is 17.8. The van der Waals surface area contributed by atoms with E-state index in [1.807, 2.05) is 47.7 Å². The molecule has 1 amide bonds. The van der Waals surface area contributed by atoms with E-state index in [1.165, 1.54) is 4.31 Å². The van der Waals surface area contributed by atoms with E-state index >= 15 is 0 Å². The molecule has 2 heterocycles. The van der Waals surface area contributed by atoms with Crippen LogP contribution in [0.15, 0.2) is 53.4 Å². The highest BCUT2D eigenvalue weighted by Crippen LogP contribution is 2.18. The van der Waals surface area contributed by atoms with Gasteiger partial charge in [0.25, 0.3) is 0 Å². The number of rotatable bonds is 6. The van der Waals surface area contributed by atoms with Gasteiger partial charge in [-0.2, -0.15) is 4.31 Å². The van der Waals surface area contributed by atoms with Gasteiger partial charge >= 0.3 is 0 Å². The number of hydrogen-bond acceptors (Lipinski definition) is 5. The number of benzene rings is 2. The Bertz CT molecular complexity index is 1180. The van der Waals surface area contributed by atoms with Gasteiger partial charge < -0.3 is 9.88 Å². The summed E-state index contributed by atoms with van der Waals surface area (Å²) in [6.45, 7) is 4.29. The molecule has 1 fully saturated rings. The molecule has 1 N–H and O–H groups in total. The van der Waals surface area contributed by atoms with Crippen LogP contribution in [0.25, 0.3) is 11.0 Å². The standard InChI is InChI=1S/C22H27N5O3S/c1-17-7-9-18(10-8-17)31(29,30)27-13-11-26(12-14-27)16-22(28)23-15-21-24-19-5-3-4-6-20(19)25(21)2/h3-10H,11-16H2,1-2H3,(H,23,28). The number of nitrogens with one attached hydrogen (secondary N) is 1. The van der Waals surface area contributed by atoms with Crippen LogP contribution >= 0.6 is 0 Å². The van der Waals surface area contributed by atoms with Gasteiger partial charge in [-0.05, 0) is 31.2 Å². The van der Waals surface area contributed by atoms with Crippen molar-refractivity contribution < 1.29 is 13.2 Å². The van der Waals surface area contributed by atoms with Crippen LogP contribution in [-0.4, -0.2) is 65.8 Å². The first-order valence-electron chi connectivity index (χ1n) is 10.3. The van der Waals surface area contributed by atoms with Gasteiger partial charge in [0.2, 0.25) is 15.9 Å². The molecule has 1 saturated heterocycles. The summed E-state index contributed by atoms with van der Waals surface area (Å²) in [6.07, 6.45) is 0. The monoisotopic (exact) mass is 441 g/mol. The maximum Gasteiger partial charge on any atom is 0.243 e. The summed E-state index contributed by atoms with van der Waals surface area (Å²) in [4.78, 5) is 19.3. The molecule has 31 heavy (non-hydrogen) atoms. The zero-order valence-corrected chi connectivity index (χ0v) is 18.6. The Morgan fingerprint density at radius 2 is 1.71 bits per heavy atom. The van der Waals surface area contributed by atoms with Crippen LogP contribution in [0.4, 0.5) is 0 Å². The van der Waals surface area contributed by atoms with Crippen molar-refractivity contribution in [3.63, 3.8) is 0 Å². The number of fused-ring (bicyclic) bond motifs is 1. The summed E-state index contributed by atoms with van der Waals surface area (Å²) in [5.74, 6) is 0.699. The molecule has 0 bridgehead atoms. The zero-order chi connectivity index (χ0) is 22.0. The summed E-state index contributed by atoms with van der Waals surface area (Å²) < 4.78 is 29.1. The Balaban J connectivity index is 1.29. The fourth-order valence-corrected chi connectivity index (χ4v) is 5.20. The van der Waals surface area contributed by atoms with Crippen molar-refractivity contribution in [1.82, 2.24) is 24.1 Å². The minimum atomic E-state index is -3.50. The predicted molar refractivity (Wildman–Crippen MR) is 119 cm³/mol. The van der Waals surface area contributed by atoms with E-state index in [0.29, 0.717) is 37.6 Å². The second-order valence-corrected chi connectivity index (χ2v) is 9.78. The quantitative estimate of drug-likeness (QED) is 0.627. The first-order valence-corrected chi connectivity index (χ1v) is 11.7. The Kier molecular flexibility index (Phi) is 6.08. The molecule has 0 atom stereocenters. The molecule has 1 aliphatic heterocycles. The van der Waals surface area contributed by atoms with Gasteiger partial charge in [0.15, 0.2) is 0 Å². The van der Waals surface area contributed by atoms with E-state index in [0.717, 1.165) is 22.4 Å². The summed E-state index contributed by atoms with van der Waals surface area (Å²) in [7, 11) is -1.56. The highest BCUT2D eigenvalue weighted by atomic mass is 32.2. The molecule has 3 aromatic rings. The number of amides is 1. The van der Waals surface area contributed by atoms with Gasteiger partial charge in [-0.25, -0.2) is 13.4 Å². The molecular formula is C22H27N5O3S. The number of para-hydroxylation sites is 2. The summed E-state index contributed by atoms with van der Waals surface area (Å²) in [5.41, 5.74) is 2.95. The normalized spacial score (nSPS) is 15.9. The van der Waals surface area contributed by atoms with E-state index in [9.17, 15) is 13.2 Å². The molecule has 164 valence electrons. The third-order valence-corrected chi connectivity index (χ3v) is 7.59. The van der Waals surface area contributed by atoms with Crippen molar-refractivity contribution >= 4 is 27.0 Å². The first kappa shape index (κ1) is 21.5. The van der Waals surface area contributed by atoms with Gasteiger partial charge in [0, 0.05) is 33.2 Å². The lowest BCUT2D eigenvalue weighted by Crippen LogP contribution is -2.51. The molecule has 0 unspecified atom stereocenters. The molecular weight excluding hydrogens is 414 g/mol. The number of sulfonamides is 1. The molecule has 2 aromatic carbocycles. The molecule has 9 heteroatoms. The topological polar surface area (TPSA) is 87.5 Å². The molecule has 0 spiro atoms. The van der Waals surface area contributed by atoms with E-state index in [1.54, 1.807) is 24.3 Å². The molecule has 0 radical (unpaired) electrons. The first-order chi connectivity index (χ1) is 14.8. The number of nitrogens with zero attached hydrogens (tertiary/aromatic N) is 4. The van der Waals surface area contributed by atoms with Crippen molar-refractivity contribution in [2.75, 3.05) is 32.7 Å². The lowest BCUT2D eigenvalue weighted by Gasteiger charge is -2.33. The van der Waals surface area contributed by atoms with Crippen LogP contribution in [0.3, 0.4) is 0 Å². The molecule has 8 nitrogen and oxygen atoms in total. The number of aromatic nitrogens is 2. The van der Waals surface area contributed by atoms with Crippen molar-refractivity contribution in [3.05, 3.63) is 59.9 Å². The number of piperazine rings is 1. The van der Waals surface area contributed by atoms with Crippen LogP contribution in [0.5, 0.6) is 0 Å². The van der Waals surface area contributed by atoms with Crippen LogP contribution in [0.1, 0.15) is 11.4 Å². The summed E-state index contributed by atoms with van der Waals surface area (Å²) in [6, 6.07) is 14.7. The van der Waals surface area contributed by atoms with Crippen LogP contribution in [0, 0.1) is 6.92 Å². The van der Waals surface area contributed by atoms with Crippen molar-refractivity contribution in [1.29, 1.82) is 0 Å². The van der Waals surface area contributed by atoms with Gasteiger partial charge in [-0.3, -0.25) is 9.69 Å². The highest BCUT2D eigenvalue weighted by molar-refractivity contribution is 7.89. The SMILES string of the molecule is Cc1ccc(S(=O)(=O)N2CCN(CC(=O)NCc3nc4ccccc4n3C)CC2)cc1. The van der Waals surface area contributed by atoms with Crippen LogP contribution in [0.2, 0.25) is 0 Å². The molecule has 0 saturated carbocycles. The minimum Gasteiger partial charge on any atom is -0.348 e. The second kappa shape index (κ2) is 8.78. The number of aryl methyl sites for hydroxylation is 2. The van der Waals surface area contributed by atoms with E-state index in [-0.39, 0.29) is 12.5 Å². The number of carbonyl (C=O) groups is 1. The molecule has 1 aliphatic rings. The van der Waals surface area contributed by atoms with Crippen LogP contribution in [-0.2, 0) is 28.4 Å². The Hall–Kier alpha value is -2.75. The number of imidazole rings is 1. The smallest absolute Gasteiger partial charge is 0.243 e. The molecule has 0 aliphatic carbocycles. The number of hydrogen-bond donors (Lipinski definition) is 1. The summed E-state index contributed by atoms with van der Waals surface area (Å²) in [5, 5.41) is 2.92. The number of carbonyl (C=O) groups excluding carboxylic acids is 1. The van der Waals surface area contributed by atoms with E-state index in [2.05, 4.69) is 10.3 Å². The van der Waals surface area contributed by atoms with E-state index < -0.39 is 10.0 Å². The summed E-state index contributed by atoms with van der Waals surface area (Å²) >= 11 is 0. The molecule has 1 aromatic heterocycles. The second-order valence-electron chi connectivity index (χ2n) is 7.85. The Labute approximate surface area is 182 Å². The third kappa shape index (κ3) is 4.63. The third-order valence-electron chi connectivity index (χ3n) is 5.68. The van der Waals surface area contributed by atoms with Gasteiger partial charge in [-0.15, -0.1) is 0 Å². The molecule has 4 rings (SSSR count). The predicted octanol–water partition coefficient (Wildman–Crippen LogP) is 1.50. The lowest BCUT2D eigenvalue weighted by atomic mass is 10.2. The van der Waals surface area contributed by atoms with Crippen molar-refractivity contribution in [2.45, 2.75) is 18.4 Å². The Morgan fingerprint density at radius 1 is 1.03 bits per heavy atom. The van der Waals surface area contributed by atoms with Gasteiger partial charge in [0.1, 0.15) is 5.82 Å². The highest BCUT2D eigenvalue weighted by Gasteiger charge is 2.29. The van der Waals surface area contributed by atoms with Crippen LogP contribution < -0.4 is 5.32 Å². The average Bonchev–Trinajstić information content (AvgIpc) is 3.09. The minimum absolute atomic E-state index is 0.0955. The Morgan fingerprint density at radius 3 is 2.39 bits per heavy atom. The lowest BCUT2D eigenvalue weighted by molar-refractivity contribution is -0.122. The fraction of sp³-hybridized carbons (Fsp3) is 0.364. The average molecular weight is 442 g/mol. The maximum atomic E-state index is 12.8. The van der Waals surface area contributed by atoms with Crippen molar-refractivity contribution in [3.8, 4) is 0 Å². The largest absolute Gasteiger partial charge is 0.348 e. The van der Waals surface area contributed by atoms with Gasteiger partial charge in [-0.1, -0.05) is 29.8 Å². The van der Waals surface area contributed by atoms with E-state index in [4.69, 9.17) is 0 Å². The maximum absolute atomic E-state index is 12.8. The fourth-order valence-electron chi connectivity index (χ4n) is 3.78. The van der Waals surface area contributed by atoms with Gasteiger partial charge in [0.05, 0.1) is 29.0 Å². The van der Waals surface area contributed by atoms with Crippen molar-refractivity contribution in [2.24, 2.45) is 7.05 Å².